The topological polar surface area (TPSA) is 64.1 Å². The highest BCUT2D eigenvalue weighted by Crippen LogP contribution is 2.22. The summed E-state index contributed by atoms with van der Waals surface area (Å²) in [6.45, 7) is 8.23. The van der Waals surface area contributed by atoms with E-state index in [9.17, 15) is 13.5 Å². The van der Waals surface area contributed by atoms with Crippen LogP contribution in [0.25, 0.3) is 0 Å². The van der Waals surface area contributed by atoms with Crippen molar-refractivity contribution in [2.45, 2.75) is 39.2 Å². The van der Waals surface area contributed by atoms with E-state index in [0.717, 1.165) is 30.4 Å². The van der Waals surface area contributed by atoms with Crippen molar-refractivity contribution in [3.05, 3.63) is 34.9 Å². The SMILES string of the molecule is Cc1ccc(C(O)CN2CCN(S(=O)(=O)N3CCCCC3)CC2)c(C)c1. The van der Waals surface area contributed by atoms with Crippen LogP contribution in [0.3, 0.4) is 0 Å². The van der Waals surface area contributed by atoms with E-state index in [1.807, 2.05) is 26.0 Å². The maximum atomic E-state index is 12.8. The van der Waals surface area contributed by atoms with Crippen LogP contribution in [0.4, 0.5) is 0 Å². The predicted molar refractivity (Wildman–Crippen MR) is 103 cm³/mol. The van der Waals surface area contributed by atoms with Gasteiger partial charge in [0.15, 0.2) is 0 Å². The number of rotatable bonds is 5. The summed E-state index contributed by atoms with van der Waals surface area (Å²) in [7, 11) is -3.32. The molecular formula is C19H31N3O3S. The van der Waals surface area contributed by atoms with Crippen LogP contribution in [0.1, 0.15) is 42.1 Å². The second kappa shape index (κ2) is 8.35. The number of piperidine rings is 1. The molecule has 7 heteroatoms. The van der Waals surface area contributed by atoms with E-state index in [2.05, 4.69) is 11.0 Å². The van der Waals surface area contributed by atoms with Gasteiger partial charge in [-0.2, -0.15) is 17.0 Å². The number of aliphatic hydroxyl groups excluding tert-OH is 1. The molecule has 1 N–H and O–H groups in total. The minimum absolute atomic E-state index is 0.498. The first kappa shape index (κ1) is 19.8. The molecule has 6 nitrogen and oxygen atoms in total. The molecule has 2 heterocycles. The van der Waals surface area contributed by atoms with Crippen molar-refractivity contribution >= 4 is 10.2 Å². The number of nitrogens with zero attached hydrogens (tertiary/aromatic N) is 3. The standard InChI is InChI=1S/C19H31N3O3S/c1-16-6-7-18(17(2)14-16)19(23)15-20-10-12-22(13-11-20)26(24,25)21-8-4-3-5-9-21/h6-7,14,19,23H,3-5,8-13,15H2,1-2H3. The summed E-state index contributed by atoms with van der Waals surface area (Å²) in [5.41, 5.74) is 3.25. The van der Waals surface area contributed by atoms with Crippen LogP contribution >= 0.6 is 0 Å². The molecule has 0 spiro atoms. The Balaban J connectivity index is 1.55. The zero-order chi connectivity index (χ0) is 18.7. The maximum absolute atomic E-state index is 12.8. The van der Waals surface area contributed by atoms with Gasteiger partial charge < -0.3 is 5.11 Å². The molecule has 2 aliphatic heterocycles. The van der Waals surface area contributed by atoms with E-state index >= 15 is 0 Å². The minimum atomic E-state index is -3.32. The summed E-state index contributed by atoms with van der Waals surface area (Å²) in [5.74, 6) is 0. The molecule has 2 fully saturated rings. The molecule has 0 aliphatic carbocycles. The first-order valence-corrected chi connectivity index (χ1v) is 11.0. The fraction of sp³-hybridized carbons (Fsp3) is 0.684. The Hall–Kier alpha value is -0.990. The summed E-state index contributed by atoms with van der Waals surface area (Å²) in [4.78, 5) is 2.16. The Kier molecular flexibility index (Phi) is 6.35. The molecule has 2 aliphatic rings. The maximum Gasteiger partial charge on any atom is 0.282 e. The molecule has 0 amide bonds. The van der Waals surface area contributed by atoms with Crippen LogP contribution in [0.15, 0.2) is 18.2 Å². The highest BCUT2D eigenvalue weighted by molar-refractivity contribution is 7.86. The van der Waals surface area contributed by atoms with Crippen molar-refractivity contribution in [3.8, 4) is 0 Å². The Morgan fingerprint density at radius 1 is 0.962 bits per heavy atom. The highest BCUT2D eigenvalue weighted by Gasteiger charge is 2.33. The van der Waals surface area contributed by atoms with Crippen LogP contribution < -0.4 is 0 Å². The second-order valence-electron chi connectivity index (χ2n) is 7.54. The van der Waals surface area contributed by atoms with Crippen LogP contribution in [-0.4, -0.2) is 72.8 Å². The molecule has 3 rings (SSSR count). The van der Waals surface area contributed by atoms with Gasteiger partial charge in [-0.25, -0.2) is 0 Å². The molecule has 1 aromatic rings. The van der Waals surface area contributed by atoms with E-state index < -0.39 is 16.3 Å². The van der Waals surface area contributed by atoms with Gasteiger partial charge in [0.1, 0.15) is 0 Å². The smallest absolute Gasteiger partial charge is 0.282 e. The van der Waals surface area contributed by atoms with Gasteiger partial charge in [0.25, 0.3) is 10.2 Å². The van der Waals surface area contributed by atoms with Crippen LogP contribution in [0.5, 0.6) is 0 Å². The molecule has 1 aromatic carbocycles. The Labute approximate surface area is 157 Å². The molecule has 0 radical (unpaired) electrons. The third-order valence-electron chi connectivity index (χ3n) is 5.51. The highest BCUT2D eigenvalue weighted by atomic mass is 32.2. The Morgan fingerprint density at radius 3 is 2.19 bits per heavy atom. The van der Waals surface area contributed by atoms with Crippen molar-refractivity contribution in [1.82, 2.24) is 13.5 Å². The van der Waals surface area contributed by atoms with Gasteiger partial charge >= 0.3 is 0 Å². The van der Waals surface area contributed by atoms with Crippen molar-refractivity contribution in [3.63, 3.8) is 0 Å². The lowest BCUT2D eigenvalue weighted by molar-refractivity contribution is 0.0901. The lowest BCUT2D eigenvalue weighted by Crippen LogP contribution is -2.54. The first-order chi connectivity index (χ1) is 12.4. The molecule has 26 heavy (non-hydrogen) atoms. The van der Waals surface area contributed by atoms with Crippen molar-refractivity contribution in [1.29, 1.82) is 0 Å². The third kappa shape index (κ3) is 4.46. The zero-order valence-electron chi connectivity index (χ0n) is 15.9. The van der Waals surface area contributed by atoms with E-state index in [0.29, 0.717) is 45.8 Å². The average Bonchev–Trinajstić information content (AvgIpc) is 2.63. The Bertz CT molecular complexity index is 709. The van der Waals surface area contributed by atoms with Crippen molar-refractivity contribution in [2.24, 2.45) is 0 Å². The summed E-state index contributed by atoms with van der Waals surface area (Å²) in [6.07, 6.45) is 2.50. The monoisotopic (exact) mass is 381 g/mol. The van der Waals surface area contributed by atoms with Crippen LogP contribution in [0.2, 0.25) is 0 Å². The lowest BCUT2D eigenvalue weighted by atomic mass is 10.0. The van der Waals surface area contributed by atoms with E-state index in [1.54, 1.807) is 8.61 Å². The Morgan fingerprint density at radius 2 is 1.58 bits per heavy atom. The second-order valence-corrected chi connectivity index (χ2v) is 9.47. The van der Waals surface area contributed by atoms with Crippen molar-refractivity contribution < 1.29 is 13.5 Å². The zero-order valence-corrected chi connectivity index (χ0v) is 16.7. The average molecular weight is 382 g/mol. The quantitative estimate of drug-likeness (QED) is 0.843. The summed E-state index contributed by atoms with van der Waals surface area (Å²) >= 11 is 0. The molecule has 146 valence electrons. The molecule has 0 saturated carbocycles. The number of aryl methyl sites for hydroxylation is 2. The lowest BCUT2D eigenvalue weighted by Gasteiger charge is -2.38. The largest absolute Gasteiger partial charge is 0.387 e. The number of β-amino-alcohol motifs (C(OH)–C–C–N with tert-alkyl or cyclic N) is 1. The number of hydrogen-bond acceptors (Lipinski definition) is 4. The molecule has 0 aromatic heterocycles. The molecule has 2 saturated heterocycles. The van der Waals surface area contributed by atoms with E-state index in [-0.39, 0.29) is 0 Å². The first-order valence-electron chi connectivity index (χ1n) is 9.61. The summed E-state index contributed by atoms with van der Waals surface area (Å²) in [5, 5.41) is 10.6. The molecule has 0 bridgehead atoms. The summed E-state index contributed by atoms with van der Waals surface area (Å²) in [6, 6.07) is 6.10. The van der Waals surface area contributed by atoms with Gasteiger partial charge in [0.05, 0.1) is 6.10 Å². The van der Waals surface area contributed by atoms with Gasteiger partial charge in [-0.1, -0.05) is 30.2 Å². The number of hydrogen-bond donors (Lipinski definition) is 1. The fourth-order valence-corrected chi connectivity index (χ4v) is 5.62. The number of aliphatic hydroxyl groups is 1. The number of benzene rings is 1. The van der Waals surface area contributed by atoms with Crippen LogP contribution in [-0.2, 0) is 10.2 Å². The van der Waals surface area contributed by atoms with Gasteiger partial charge in [-0.3, -0.25) is 4.90 Å². The summed E-state index contributed by atoms with van der Waals surface area (Å²) < 4.78 is 28.7. The predicted octanol–water partition coefficient (Wildman–Crippen LogP) is 1.69. The van der Waals surface area contributed by atoms with E-state index in [1.165, 1.54) is 5.56 Å². The molecule has 1 unspecified atom stereocenters. The van der Waals surface area contributed by atoms with Gasteiger partial charge in [-0.15, -0.1) is 0 Å². The fourth-order valence-electron chi connectivity index (χ4n) is 3.94. The number of piperazine rings is 1. The van der Waals surface area contributed by atoms with E-state index in [4.69, 9.17) is 0 Å². The molecular weight excluding hydrogens is 350 g/mol. The van der Waals surface area contributed by atoms with Crippen LogP contribution in [0, 0.1) is 13.8 Å². The van der Waals surface area contributed by atoms with Gasteiger partial charge in [0.2, 0.25) is 0 Å². The third-order valence-corrected chi connectivity index (χ3v) is 7.55. The van der Waals surface area contributed by atoms with Crippen molar-refractivity contribution in [2.75, 3.05) is 45.8 Å². The molecule has 1 atom stereocenters. The normalized spacial score (nSPS) is 22.4. The van der Waals surface area contributed by atoms with Gasteiger partial charge in [0, 0.05) is 45.8 Å². The minimum Gasteiger partial charge on any atom is -0.387 e. The van der Waals surface area contributed by atoms with Gasteiger partial charge in [-0.05, 0) is 37.8 Å².